The van der Waals surface area contributed by atoms with Crippen molar-refractivity contribution in [3.8, 4) is 12.1 Å². The third-order valence-corrected chi connectivity index (χ3v) is 2.89. The van der Waals surface area contributed by atoms with E-state index in [0.717, 1.165) is 16.7 Å². The van der Waals surface area contributed by atoms with E-state index in [1.807, 2.05) is 49.4 Å². The van der Waals surface area contributed by atoms with Crippen LogP contribution in [0, 0.1) is 29.6 Å². The van der Waals surface area contributed by atoms with Gasteiger partial charge in [-0.15, -0.1) is 0 Å². The fourth-order valence-corrected chi connectivity index (χ4v) is 1.79. The number of nitriles is 2. The molecule has 0 aliphatic carbocycles. The van der Waals surface area contributed by atoms with Crippen molar-refractivity contribution in [1.29, 1.82) is 10.5 Å². The normalized spacial score (nSPS) is 10.1. The van der Waals surface area contributed by atoms with Crippen molar-refractivity contribution in [3.63, 3.8) is 0 Å². The summed E-state index contributed by atoms with van der Waals surface area (Å²) in [6, 6.07) is 17.3. The van der Waals surface area contributed by atoms with Crippen molar-refractivity contribution in [3.05, 3.63) is 70.3 Å². The molecule has 0 atom stereocenters. The second-order valence-corrected chi connectivity index (χ2v) is 4.25. The van der Waals surface area contributed by atoms with E-state index in [-0.39, 0.29) is 0 Å². The predicted octanol–water partition coefficient (Wildman–Crippen LogP) is 3.91. The number of nitrogens with zero attached hydrogens (tertiary/aromatic N) is 2. The zero-order valence-corrected chi connectivity index (χ0v) is 10.6. The van der Waals surface area contributed by atoms with Crippen LogP contribution < -0.4 is 0 Å². The van der Waals surface area contributed by atoms with Gasteiger partial charge in [0.05, 0.1) is 23.3 Å². The Bertz CT molecular complexity index is 696. The summed E-state index contributed by atoms with van der Waals surface area (Å²) in [6.45, 7) is 1.99. The lowest BCUT2D eigenvalue weighted by atomic mass is 10.0. The summed E-state index contributed by atoms with van der Waals surface area (Å²) in [4.78, 5) is 0. The number of hydrogen-bond donors (Lipinski definition) is 0. The molecule has 0 radical (unpaired) electrons. The van der Waals surface area contributed by atoms with E-state index in [9.17, 15) is 0 Å². The van der Waals surface area contributed by atoms with Gasteiger partial charge >= 0.3 is 0 Å². The summed E-state index contributed by atoms with van der Waals surface area (Å²) in [5, 5.41) is 17.5. The monoisotopic (exact) mass is 244 g/mol. The van der Waals surface area contributed by atoms with Crippen LogP contribution in [0.15, 0.2) is 42.5 Å². The first-order valence-electron chi connectivity index (χ1n) is 5.92. The van der Waals surface area contributed by atoms with Gasteiger partial charge in [0.15, 0.2) is 0 Å². The summed E-state index contributed by atoms with van der Waals surface area (Å²) in [7, 11) is 0. The third kappa shape index (κ3) is 3.09. The maximum absolute atomic E-state index is 8.82. The van der Waals surface area contributed by atoms with Gasteiger partial charge in [0.1, 0.15) is 0 Å². The standard InChI is InChI=1S/C17H12N2/c1-13-10-16(12-19)7-9-17(13)8-6-14-2-4-15(11-18)5-3-14/h2-10H,1H3. The van der Waals surface area contributed by atoms with Crippen LogP contribution in [0.5, 0.6) is 0 Å². The minimum absolute atomic E-state index is 0.659. The minimum Gasteiger partial charge on any atom is -0.192 e. The summed E-state index contributed by atoms with van der Waals surface area (Å²) < 4.78 is 0. The first-order valence-corrected chi connectivity index (χ1v) is 5.92. The molecule has 0 unspecified atom stereocenters. The lowest BCUT2D eigenvalue weighted by Gasteiger charge is -2.00. The van der Waals surface area contributed by atoms with Crippen LogP contribution >= 0.6 is 0 Å². The lowest BCUT2D eigenvalue weighted by molar-refractivity contribution is 1.40. The van der Waals surface area contributed by atoms with E-state index in [0.29, 0.717) is 11.1 Å². The van der Waals surface area contributed by atoms with Gasteiger partial charge in [-0.25, -0.2) is 0 Å². The molecule has 0 saturated heterocycles. The van der Waals surface area contributed by atoms with E-state index in [4.69, 9.17) is 10.5 Å². The van der Waals surface area contributed by atoms with E-state index in [1.165, 1.54) is 0 Å². The molecule has 2 aromatic carbocycles. The molecule has 0 N–H and O–H groups in total. The Hall–Kier alpha value is -2.84. The molecule has 0 aromatic heterocycles. The molecule has 0 aliphatic rings. The zero-order valence-electron chi connectivity index (χ0n) is 10.6. The molecule has 0 saturated carbocycles. The number of rotatable bonds is 2. The van der Waals surface area contributed by atoms with Crippen molar-refractivity contribution >= 4 is 12.2 Å². The first kappa shape index (κ1) is 12.6. The van der Waals surface area contributed by atoms with Gasteiger partial charge < -0.3 is 0 Å². The Morgan fingerprint density at radius 2 is 1.47 bits per heavy atom. The highest BCUT2D eigenvalue weighted by Crippen LogP contribution is 2.14. The summed E-state index contributed by atoms with van der Waals surface area (Å²) in [5.74, 6) is 0. The fourth-order valence-electron chi connectivity index (χ4n) is 1.79. The molecule has 2 rings (SSSR count). The smallest absolute Gasteiger partial charge is 0.0991 e. The second kappa shape index (κ2) is 5.67. The lowest BCUT2D eigenvalue weighted by Crippen LogP contribution is -1.83. The zero-order chi connectivity index (χ0) is 13.7. The van der Waals surface area contributed by atoms with Crippen molar-refractivity contribution in [2.45, 2.75) is 6.92 Å². The quantitative estimate of drug-likeness (QED) is 0.752. The number of benzene rings is 2. The van der Waals surface area contributed by atoms with E-state index in [1.54, 1.807) is 12.1 Å². The molecule has 0 spiro atoms. The van der Waals surface area contributed by atoms with Gasteiger partial charge in [-0.05, 0) is 47.9 Å². The fraction of sp³-hybridized carbons (Fsp3) is 0.0588. The Labute approximate surface area is 112 Å². The van der Waals surface area contributed by atoms with Crippen molar-refractivity contribution in [2.24, 2.45) is 0 Å². The summed E-state index contributed by atoms with van der Waals surface area (Å²) >= 11 is 0. The highest BCUT2D eigenvalue weighted by Gasteiger charge is 1.96. The molecule has 2 aromatic rings. The van der Waals surface area contributed by atoms with Gasteiger partial charge in [-0.3, -0.25) is 0 Å². The molecule has 0 bridgehead atoms. The summed E-state index contributed by atoms with van der Waals surface area (Å²) in [6.07, 6.45) is 4.01. The van der Waals surface area contributed by atoms with Crippen LogP contribution in [0.2, 0.25) is 0 Å². The molecule has 0 aliphatic heterocycles. The number of hydrogen-bond acceptors (Lipinski definition) is 2. The Balaban J connectivity index is 2.23. The van der Waals surface area contributed by atoms with Gasteiger partial charge in [0.25, 0.3) is 0 Å². The molecular formula is C17H12N2. The van der Waals surface area contributed by atoms with Crippen molar-refractivity contribution in [1.82, 2.24) is 0 Å². The van der Waals surface area contributed by atoms with Crippen LogP contribution in [-0.2, 0) is 0 Å². The number of aryl methyl sites for hydroxylation is 1. The molecule has 0 heterocycles. The van der Waals surface area contributed by atoms with Gasteiger partial charge in [-0.1, -0.05) is 30.4 Å². The minimum atomic E-state index is 0.659. The largest absolute Gasteiger partial charge is 0.192 e. The maximum Gasteiger partial charge on any atom is 0.0991 e. The van der Waals surface area contributed by atoms with Gasteiger partial charge in [0.2, 0.25) is 0 Å². The molecule has 2 nitrogen and oxygen atoms in total. The molecule has 0 fully saturated rings. The predicted molar refractivity (Wildman–Crippen MR) is 76.0 cm³/mol. The molecule has 0 amide bonds. The average Bonchev–Trinajstić information content (AvgIpc) is 2.46. The van der Waals surface area contributed by atoms with Crippen LogP contribution in [0.25, 0.3) is 12.2 Å². The van der Waals surface area contributed by atoms with Crippen LogP contribution in [-0.4, -0.2) is 0 Å². The first-order chi connectivity index (χ1) is 9.22. The van der Waals surface area contributed by atoms with Gasteiger partial charge in [0, 0.05) is 0 Å². The van der Waals surface area contributed by atoms with E-state index in [2.05, 4.69) is 12.1 Å². The van der Waals surface area contributed by atoms with Gasteiger partial charge in [-0.2, -0.15) is 10.5 Å². The Morgan fingerprint density at radius 1 is 0.842 bits per heavy atom. The van der Waals surface area contributed by atoms with Crippen molar-refractivity contribution in [2.75, 3.05) is 0 Å². The van der Waals surface area contributed by atoms with E-state index < -0.39 is 0 Å². The Morgan fingerprint density at radius 3 is 2.05 bits per heavy atom. The SMILES string of the molecule is Cc1cc(C#N)ccc1C=Cc1ccc(C#N)cc1. The second-order valence-electron chi connectivity index (χ2n) is 4.25. The molecular weight excluding hydrogens is 232 g/mol. The third-order valence-electron chi connectivity index (χ3n) is 2.89. The van der Waals surface area contributed by atoms with Crippen molar-refractivity contribution < 1.29 is 0 Å². The molecule has 90 valence electrons. The average molecular weight is 244 g/mol. The highest BCUT2D eigenvalue weighted by atomic mass is 14.2. The van der Waals surface area contributed by atoms with Crippen LogP contribution in [0.3, 0.4) is 0 Å². The maximum atomic E-state index is 8.82. The topological polar surface area (TPSA) is 47.6 Å². The van der Waals surface area contributed by atoms with Crippen LogP contribution in [0.4, 0.5) is 0 Å². The Kier molecular flexibility index (Phi) is 3.76. The highest BCUT2D eigenvalue weighted by molar-refractivity contribution is 5.71. The molecule has 2 heteroatoms. The summed E-state index contributed by atoms with van der Waals surface area (Å²) in [5.41, 5.74) is 4.54. The van der Waals surface area contributed by atoms with Crippen LogP contribution in [0.1, 0.15) is 27.8 Å². The van der Waals surface area contributed by atoms with E-state index >= 15 is 0 Å². The molecule has 19 heavy (non-hydrogen) atoms.